The Morgan fingerprint density at radius 2 is 1.76 bits per heavy atom. The highest BCUT2D eigenvalue weighted by molar-refractivity contribution is 5.91. The summed E-state index contributed by atoms with van der Waals surface area (Å²) in [5, 5.41) is 5.65. The van der Waals surface area contributed by atoms with Crippen LogP contribution in [0, 0.1) is 0 Å². The van der Waals surface area contributed by atoms with Gasteiger partial charge in [-0.05, 0) is 43.2 Å². The van der Waals surface area contributed by atoms with Crippen LogP contribution in [-0.2, 0) is 22.7 Å². The van der Waals surface area contributed by atoms with Gasteiger partial charge in [0, 0.05) is 25.3 Å². The highest BCUT2D eigenvalue weighted by atomic mass is 16.5. The second-order valence-corrected chi connectivity index (χ2v) is 7.89. The Morgan fingerprint density at radius 1 is 0.941 bits per heavy atom. The van der Waals surface area contributed by atoms with Crippen LogP contribution in [0.25, 0.3) is 0 Å². The van der Waals surface area contributed by atoms with Gasteiger partial charge in [-0.15, -0.1) is 0 Å². The fourth-order valence-electron chi connectivity index (χ4n) is 3.53. The Bertz CT molecular complexity index is 1080. The Morgan fingerprint density at radius 3 is 2.59 bits per heavy atom. The number of nitrogens with one attached hydrogen (secondary N) is 2. The molecule has 2 heterocycles. The van der Waals surface area contributed by atoms with Crippen molar-refractivity contribution < 1.29 is 28.2 Å². The molecule has 0 spiro atoms. The molecule has 1 aliphatic heterocycles. The quantitative estimate of drug-likeness (QED) is 0.451. The highest BCUT2D eigenvalue weighted by Gasteiger charge is 2.17. The van der Waals surface area contributed by atoms with Crippen molar-refractivity contribution in [1.29, 1.82) is 0 Å². The Labute approximate surface area is 198 Å². The van der Waals surface area contributed by atoms with Crippen molar-refractivity contribution >= 4 is 11.8 Å². The minimum absolute atomic E-state index is 0.0819. The fraction of sp³-hybridized carbons (Fsp3) is 0.308. The lowest BCUT2D eigenvalue weighted by Gasteiger charge is -2.13. The Kier molecular flexibility index (Phi) is 8.18. The maximum absolute atomic E-state index is 12.5. The van der Waals surface area contributed by atoms with E-state index in [-0.39, 0.29) is 43.4 Å². The van der Waals surface area contributed by atoms with E-state index < -0.39 is 0 Å². The fourth-order valence-corrected chi connectivity index (χ4v) is 3.53. The van der Waals surface area contributed by atoms with E-state index >= 15 is 0 Å². The van der Waals surface area contributed by atoms with E-state index in [1.165, 1.54) is 0 Å². The van der Waals surface area contributed by atoms with Gasteiger partial charge >= 0.3 is 0 Å². The summed E-state index contributed by atoms with van der Waals surface area (Å²) in [6.45, 7) is 1.57. The Hall–Kier alpha value is -3.78. The van der Waals surface area contributed by atoms with Gasteiger partial charge in [0.25, 0.3) is 11.8 Å². The summed E-state index contributed by atoms with van der Waals surface area (Å²) in [5.74, 6) is 1.43. The molecule has 178 valence electrons. The second kappa shape index (κ2) is 11.9. The molecule has 2 N–H and O–H groups in total. The van der Waals surface area contributed by atoms with Crippen molar-refractivity contribution in [2.75, 3.05) is 19.8 Å². The molecule has 0 bridgehead atoms. The van der Waals surface area contributed by atoms with Crippen LogP contribution in [0.5, 0.6) is 11.5 Å². The van der Waals surface area contributed by atoms with Crippen molar-refractivity contribution in [2.45, 2.75) is 32.1 Å². The summed E-state index contributed by atoms with van der Waals surface area (Å²) in [6, 6.07) is 20.0. The molecule has 2 amide bonds. The first kappa shape index (κ1) is 23.4. The van der Waals surface area contributed by atoms with Gasteiger partial charge in [0.15, 0.2) is 12.4 Å². The van der Waals surface area contributed by atoms with Gasteiger partial charge in [-0.25, -0.2) is 0 Å². The van der Waals surface area contributed by atoms with Gasteiger partial charge in [-0.2, -0.15) is 0 Å². The summed E-state index contributed by atoms with van der Waals surface area (Å²) >= 11 is 0. The first-order valence-corrected chi connectivity index (χ1v) is 11.3. The number of benzene rings is 2. The lowest BCUT2D eigenvalue weighted by molar-refractivity contribution is -0.123. The van der Waals surface area contributed by atoms with E-state index in [1.54, 1.807) is 18.2 Å². The molecule has 1 aromatic heterocycles. The largest absolute Gasteiger partial charge is 0.486 e. The van der Waals surface area contributed by atoms with Crippen LogP contribution in [-0.4, -0.2) is 37.7 Å². The Balaban J connectivity index is 1.23. The van der Waals surface area contributed by atoms with E-state index in [0.717, 1.165) is 30.8 Å². The molecule has 0 aliphatic carbocycles. The third-order valence-corrected chi connectivity index (χ3v) is 5.33. The van der Waals surface area contributed by atoms with E-state index in [4.69, 9.17) is 18.6 Å². The van der Waals surface area contributed by atoms with E-state index in [2.05, 4.69) is 10.6 Å². The average Bonchev–Trinajstić information content (AvgIpc) is 3.57. The lowest BCUT2D eigenvalue weighted by atomic mass is 10.2. The molecular weight excluding hydrogens is 436 g/mol. The summed E-state index contributed by atoms with van der Waals surface area (Å²) in [6.07, 6.45) is 2.07. The maximum atomic E-state index is 12.5. The molecule has 34 heavy (non-hydrogen) atoms. The van der Waals surface area contributed by atoms with Crippen molar-refractivity contribution in [2.24, 2.45) is 0 Å². The minimum atomic E-state index is -0.352. The van der Waals surface area contributed by atoms with Gasteiger partial charge < -0.3 is 29.3 Å². The summed E-state index contributed by atoms with van der Waals surface area (Å²) in [7, 11) is 0. The number of para-hydroxylation sites is 2. The second-order valence-electron chi connectivity index (χ2n) is 7.89. The zero-order valence-electron chi connectivity index (χ0n) is 18.8. The van der Waals surface area contributed by atoms with Crippen LogP contribution in [0.1, 0.15) is 34.7 Å². The van der Waals surface area contributed by atoms with Crippen LogP contribution in [0.2, 0.25) is 0 Å². The first-order chi connectivity index (χ1) is 16.7. The van der Waals surface area contributed by atoms with Gasteiger partial charge in [-0.1, -0.05) is 36.4 Å². The summed E-state index contributed by atoms with van der Waals surface area (Å²) < 4.78 is 22.4. The van der Waals surface area contributed by atoms with Gasteiger partial charge in [0.2, 0.25) is 0 Å². The zero-order chi connectivity index (χ0) is 23.6. The summed E-state index contributed by atoms with van der Waals surface area (Å²) in [4.78, 5) is 24.6. The van der Waals surface area contributed by atoms with Gasteiger partial charge in [0.1, 0.15) is 23.9 Å². The standard InChI is InChI=1S/C26H28N2O6/c29-25(27-16-21-10-6-14-31-21)18-33-23-11-5-4-7-19(23)15-28-26(30)24-13-12-22(34-24)17-32-20-8-2-1-3-9-20/h1-5,7-9,11-13,21H,6,10,14-18H2,(H,27,29)(H,28,30)/t21-/m0/s1. The van der Waals surface area contributed by atoms with Crippen LogP contribution in [0.15, 0.2) is 71.1 Å². The molecule has 1 fully saturated rings. The molecule has 1 aliphatic rings. The number of rotatable bonds is 11. The molecule has 3 aromatic rings. The average molecular weight is 465 g/mol. The predicted octanol–water partition coefficient (Wildman–Crippen LogP) is 3.46. The van der Waals surface area contributed by atoms with Crippen LogP contribution >= 0.6 is 0 Å². The number of amides is 2. The number of furan rings is 1. The SMILES string of the molecule is O=C(COc1ccccc1CNC(=O)c1ccc(COc2ccccc2)o1)NC[C@@H]1CCCO1. The normalized spacial score (nSPS) is 15.0. The smallest absolute Gasteiger partial charge is 0.287 e. The lowest BCUT2D eigenvalue weighted by Crippen LogP contribution is -2.35. The van der Waals surface area contributed by atoms with Gasteiger partial charge in [0.05, 0.1) is 6.10 Å². The predicted molar refractivity (Wildman–Crippen MR) is 125 cm³/mol. The molecule has 8 nitrogen and oxygen atoms in total. The molecule has 8 heteroatoms. The number of carbonyl (C=O) groups excluding carboxylic acids is 2. The third-order valence-electron chi connectivity index (χ3n) is 5.33. The third kappa shape index (κ3) is 6.86. The van der Waals surface area contributed by atoms with E-state index in [9.17, 15) is 9.59 Å². The van der Waals surface area contributed by atoms with E-state index in [0.29, 0.717) is 18.1 Å². The number of hydrogen-bond acceptors (Lipinski definition) is 6. The van der Waals surface area contributed by atoms with Crippen LogP contribution < -0.4 is 20.1 Å². The van der Waals surface area contributed by atoms with Crippen LogP contribution in [0.3, 0.4) is 0 Å². The van der Waals surface area contributed by atoms with Gasteiger partial charge in [-0.3, -0.25) is 9.59 Å². The van der Waals surface area contributed by atoms with Crippen molar-refractivity contribution in [3.05, 3.63) is 83.8 Å². The number of ether oxygens (including phenoxy) is 3. The van der Waals surface area contributed by atoms with Crippen molar-refractivity contribution in [3.8, 4) is 11.5 Å². The number of hydrogen-bond donors (Lipinski definition) is 2. The highest BCUT2D eigenvalue weighted by Crippen LogP contribution is 2.19. The minimum Gasteiger partial charge on any atom is -0.486 e. The van der Waals surface area contributed by atoms with Crippen LogP contribution in [0.4, 0.5) is 0 Å². The molecule has 0 unspecified atom stereocenters. The monoisotopic (exact) mass is 464 g/mol. The number of carbonyl (C=O) groups is 2. The molecule has 0 saturated carbocycles. The van der Waals surface area contributed by atoms with E-state index in [1.807, 2.05) is 48.5 Å². The first-order valence-electron chi connectivity index (χ1n) is 11.3. The molecular formula is C26H28N2O6. The topological polar surface area (TPSA) is 99.0 Å². The molecule has 2 aromatic carbocycles. The van der Waals surface area contributed by atoms with Crippen molar-refractivity contribution in [1.82, 2.24) is 10.6 Å². The zero-order valence-corrected chi connectivity index (χ0v) is 18.8. The molecule has 0 radical (unpaired) electrons. The summed E-state index contributed by atoms with van der Waals surface area (Å²) in [5.41, 5.74) is 0.752. The van der Waals surface area contributed by atoms with Crippen molar-refractivity contribution in [3.63, 3.8) is 0 Å². The molecule has 4 rings (SSSR count). The molecule has 1 saturated heterocycles. The molecule has 1 atom stereocenters. The maximum Gasteiger partial charge on any atom is 0.287 e.